The number of hydrazone groups is 1. The van der Waals surface area contributed by atoms with Gasteiger partial charge in [-0.2, -0.15) is 17.7 Å². The number of aromatic nitrogens is 4. The van der Waals surface area contributed by atoms with Crippen LogP contribution in [0.2, 0.25) is 5.15 Å². The average molecular weight is 1860 g/mol. The molecule has 0 spiro atoms. The zero-order chi connectivity index (χ0) is 70.2. The van der Waals surface area contributed by atoms with Crippen molar-refractivity contribution in [3.63, 3.8) is 0 Å². The van der Waals surface area contributed by atoms with Gasteiger partial charge in [-0.05, 0) is 157 Å². The third kappa shape index (κ3) is 38.2. The molecule has 4 aliphatic heterocycles. The fourth-order valence-corrected chi connectivity index (χ4v) is 9.71. The summed E-state index contributed by atoms with van der Waals surface area (Å²) >= 11 is 19.5. The minimum atomic E-state index is -0.851. The molecule has 1 amide bonds. The molecular formula is C69H108BrClI3KN9O11SV. The second kappa shape index (κ2) is 50.8. The van der Waals surface area contributed by atoms with E-state index in [2.05, 4.69) is 148 Å². The average Bonchev–Trinajstić information content (AvgIpc) is 0.833. The second-order valence-electron chi connectivity index (χ2n) is 24.5. The molecular weight excluding hydrogens is 1750 g/mol. The summed E-state index contributed by atoms with van der Waals surface area (Å²) in [6.07, 6.45) is 18.2. The van der Waals surface area contributed by atoms with E-state index in [0.29, 0.717) is 59.1 Å². The van der Waals surface area contributed by atoms with E-state index < -0.39 is 15.2 Å². The molecule has 0 atom stereocenters. The standard InChI is InChI=1S/C20H28N4O2.C19H28N2O4.C13H18N2O2.C7H6ClNO.C6H11BrO2.CH4S.3CH4.3HI.K.V.H/c1-20(2)12-17(22-23-19(20)25)14-6-7-18(21-13-14)26-16-8-10-24(11-9-16)15-4-3-5-15;1-5-24-18(23)19(2,3)12-16(22)14-6-7-17(20-13-14)25-15-8-10-21(4)11-9-15;1-10(16)11-3-4-13(14-9-11)17-12-5-7-15(2)8-6-12;1-5(10)6-2-3-7(8)9-4-6;1-4-9-5(8)6(2,3)7;1-2;;;;;;;;;/h6-7,13,15-16H,3-5,8-12H2,1-2H3,(H,23,25);6-7,13,15H,5,8-12H2,1-4H3;3-4,9,12H,5-8H2,1-2H3;2-4H,1H3;4H2,1-3H3;2H,1H3;3*1H4;3*1H;;;/q;;;;;;;;;;;;+1;+3;-1/p-3/i;;;;;1D;;;;;;;;;. The number of likely N-dealkylation sites (tertiary alicyclic amines) is 3. The number of nitrogens with zero attached hydrogens (tertiary/aromatic N) is 8. The molecule has 4 fully saturated rings. The van der Waals surface area contributed by atoms with Crippen LogP contribution in [0.3, 0.4) is 0 Å². The van der Waals surface area contributed by atoms with E-state index in [1.807, 2.05) is 26.0 Å². The van der Waals surface area contributed by atoms with E-state index in [1.165, 1.54) is 45.5 Å². The maximum Gasteiger partial charge on any atom is 1.00 e. The van der Waals surface area contributed by atoms with Gasteiger partial charge in [-0.3, -0.25) is 28.8 Å². The van der Waals surface area contributed by atoms with Gasteiger partial charge >= 0.3 is 128 Å². The monoisotopic (exact) mass is 1860 g/mol. The number of hydrogen-bond acceptors (Lipinski definition) is 20. The minimum Gasteiger partial charge on any atom is 1.00 e. The van der Waals surface area contributed by atoms with E-state index in [-0.39, 0.29) is 146 Å². The Morgan fingerprint density at radius 1 is 0.680 bits per heavy atom. The van der Waals surface area contributed by atoms with Gasteiger partial charge in [0.05, 0.1) is 29.8 Å². The number of hydrogen-bond donors (Lipinski definition) is 2. The Labute approximate surface area is 682 Å². The molecule has 1 aliphatic carbocycles. The molecule has 4 aromatic rings. The van der Waals surface area contributed by atoms with Gasteiger partial charge in [0.1, 0.15) is 27.8 Å². The van der Waals surface area contributed by atoms with E-state index in [4.69, 9.17) is 36.7 Å². The minimum absolute atomic E-state index is 0. The maximum atomic E-state index is 12.4. The van der Waals surface area contributed by atoms with Crippen LogP contribution in [0.5, 0.6) is 17.6 Å². The summed E-state index contributed by atoms with van der Waals surface area (Å²) < 4.78 is 33.0. The van der Waals surface area contributed by atoms with Gasteiger partial charge < -0.3 is 39.8 Å². The quantitative estimate of drug-likeness (QED) is 0.0190. The van der Waals surface area contributed by atoms with Crippen LogP contribution in [-0.2, 0) is 28.8 Å². The van der Waals surface area contributed by atoms with Crippen LogP contribution in [0.15, 0.2) is 78.4 Å². The third-order valence-electron chi connectivity index (χ3n) is 15.4. The normalized spacial score (nSPS) is 16.5. The van der Waals surface area contributed by atoms with Crippen molar-refractivity contribution >= 4 is 141 Å². The molecule has 8 heterocycles. The van der Waals surface area contributed by atoms with Crippen molar-refractivity contribution in [2.75, 3.05) is 72.8 Å². The number of piperidine rings is 3. The Morgan fingerprint density at radius 2 is 1.07 bits per heavy atom. The van der Waals surface area contributed by atoms with Gasteiger partial charge in [-0.15, -0.1) is 0 Å². The summed E-state index contributed by atoms with van der Waals surface area (Å²) in [6, 6.07) is 14.9. The third-order valence-corrected chi connectivity index (χ3v) is 15.9. The molecule has 9 rings (SSSR count). The first-order valence-electron chi connectivity index (χ1n) is 31.8. The molecule has 1 N–H and O–H groups in total. The van der Waals surface area contributed by atoms with Crippen molar-refractivity contribution < 1.29 is 112 Å². The number of carbonyl (C=O) groups is 6. The zero-order valence-corrected chi connectivity index (χ0v) is 71.0. The van der Waals surface area contributed by atoms with Crippen LogP contribution in [0.1, 0.15) is 202 Å². The van der Waals surface area contributed by atoms with Crippen molar-refractivity contribution in [1.82, 2.24) is 40.1 Å². The van der Waals surface area contributed by atoms with Crippen molar-refractivity contribution in [1.29, 1.82) is 0 Å². The number of amides is 1. The summed E-state index contributed by atoms with van der Waals surface area (Å²) in [7, 11) is 4.22. The van der Waals surface area contributed by atoms with Gasteiger partial charge in [-0.25, -0.2) is 25.4 Å². The maximum absolute atomic E-state index is 12.4. The predicted octanol–water partition coefficient (Wildman–Crippen LogP) is 13.1. The molecule has 542 valence electrons. The number of halogens is 5. The van der Waals surface area contributed by atoms with Crippen molar-refractivity contribution in [2.45, 2.75) is 191 Å². The number of esters is 2. The van der Waals surface area contributed by atoms with Crippen LogP contribution in [-0.4, -0.2) is 177 Å². The first-order valence-corrected chi connectivity index (χ1v) is 46.4. The SMILES string of the molecule is C.C.C.CC(=O)c1ccc(Cl)nc1.CC(=O)c1ccc(OC2CCN(C)CC2)nc1.CC1(C)CC(c2ccc(OC3CCN(C4CCC4)CC3)nc2)=NNC1=O.CCOC(=O)C(C)(C)Br.CCOC(=O)C(C)(C)CC(=O)c1ccc(OC2CCN(C)CC2)nc1.[2H]CS.[H-].[I][V]([I])[I].[K+]. The Hall–Kier alpha value is -1.50. The summed E-state index contributed by atoms with van der Waals surface area (Å²) in [5.41, 5.74) is 4.81. The number of ether oxygens (including phenoxy) is 5. The van der Waals surface area contributed by atoms with Gasteiger partial charge in [0, 0.05) is 125 Å². The second-order valence-corrected chi connectivity index (χ2v) is 62.2. The number of Topliss-reactive ketones (excluding diaryl/α,β-unsaturated/α-hetero) is 3. The first-order chi connectivity index (χ1) is 44.3. The number of pyridine rings is 4. The first kappa shape index (κ1) is 95.5. The van der Waals surface area contributed by atoms with E-state index in [0.717, 1.165) is 95.1 Å². The van der Waals surface area contributed by atoms with Gasteiger partial charge in [0.2, 0.25) is 23.5 Å². The van der Waals surface area contributed by atoms with Gasteiger partial charge in [0.15, 0.2) is 17.3 Å². The van der Waals surface area contributed by atoms with Crippen LogP contribution in [0.4, 0.5) is 0 Å². The molecule has 0 unspecified atom stereocenters. The summed E-state index contributed by atoms with van der Waals surface area (Å²) in [4.78, 5) is 92.2. The number of ketones is 3. The molecule has 28 heteroatoms. The topological polar surface area (TPSA) is 234 Å². The number of rotatable bonds is 17. The molecule has 1 saturated carbocycles. The van der Waals surface area contributed by atoms with Crippen LogP contribution in [0, 0.1) is 10.8 Å². The summed E-state index contributed by atoms with van der Waals surface area (Å²) in [5.74, 6) is 1.12. The Morgan fingerprint density at radius 3 is 1.40 bits per heavy atom. The molecule has 97 heavy (non-hydrogen) atoms. The molecule has 0 bridgehead atoms. The van der Waals surface area contributed by atoms with Gasteiger partial charge in [0.25, 0.3) is 0 Å². The summed E-state index contributed by atoms with van der Waals surface area (Å²) in [5, 5.41) is 4.60. The molecule has 3 saturated heterocycles. The Balaban J connectivity index is -0.00000117. The van der Waals surface area contributed by atoms with Gasteiger partial charge in [-0.1, -0.05) is 70.1 Å². The van der Waals surface area contributed by atoms with Crippen molar-refractivity contribution in [3.8, 4) is 17.6 Å². The van der Waals surface area contributed by atoms with E-state index >= 15 is 0 Å². The zero-order valence-electron chi connectivity index (χ0n) is 58.7. The Kier molecular flexibility index (Phi) is 50.0. The smallest absolute Gasteiger partial charge is 1.00 e. The van der Waals surface area contributed by atoms with E-state index in [9.17, 15) is 28.8 Å². The molecule has 5 aliphatic rings. The fraction of sp³-hybridized carbons (Fsp3) is 0.609. The number of nitrogens with one attached hydrogen (secondary N) is 1. The van der Waals surface area contributed by atoms with Crippen LogP contribution >= 0.6 is 100 Å². The van der Waals surface area contributed by atoms with Crippen molar-refractivity contribution in [3.05, 3.63) is 101 Å². The number of carbonyl (C=O) groups excluding carboxylic acids is 6. The number of alkyl halides is 1. The molecule has 0 radical (unpaired) electrons. The number of thiol groups is 1. The largest absolute Gasteiger partial charge is 1.00 e. The molecule has 4 aromatic heterocycles. The summed E-state index contributed by atoms with van der Waals surface area (Å²) in [6.45, 7) is 24.6. The Bertz CT molecular complexity index is 2990. The molecule has 20 nitrogen and oxygen atoms in total. The van der Waals surface area contributed by atoms with Crippen molar-refractivity contribution in [2.24, 2.45) is 15.9 Å². The molecule has 0 aromatic carbocycles. The van der Waals surface area contributed by atoms with Crippen LogP contribution in [0.25, 0.3) is 0 Å². The van der Waals surface area contributed by atoms with Crippen LogP contribution < -0.4 is 71.0 Å². The predicted molar refractivity (Wildman–Crippen MR) is 417 cm³/mol. The van der Waals surface area contributed by atoms with E-state index in [1.54, 1.807) is 90.3 Å². The fourth-order valence-electron chi connectivity index (χ4n) is 9.49.